The molecule has 2 bridgehead atoms. The van der Waals surface area contributed by atoms with E-state index in [2.05, 4.69) is 0 Å². The van der Waals surface area contributed by atoms with Crippen molar-refractivity contribution < 1.29 is 14.7 Å². The minimum atomic E-state index is -0.492. The number of likely N-dealkylation sites (tertiary alicyclic amines) is 1. The van der Waals surface area contributed by atoms with Crippen LogP contribution in [-0.2, 0) is 17.8 Å². The lowest BCUT2D eigenvalue weighted by atomic mass is 9.83. The van der Waals surface area contributed by atoms with Gasteiger partial charge >= 0.3 is 0 Å². The van der Waals surface area contributed by atoms with Gasteiger partial charge in [0.2, 0.25) is 0 Å². The van der Waals surface area contributed by atoms with E-state index in [0.717, 1.165) is 23.0 Å². The van der Waals surface area contributed by atoms with Gasteiger partial charge in [0.25, 0.3) is 11.5 Å². The number of hydrogen-bond donors (Lipinski definition) is 1. The van der Waals surface area contributed by atoms with Gasteiger partial charge in [0.05, 0.1) is 6.61 Å². The average Bonchev–Trinajstić information content (AvgIpc) is 3.16. The molecule has 1 saturated heterocycles. The molecule has 0 aliphatic carbocycles. The van der Waals surface area contributed by atoms with Crippen LogP contribution in [0.25, 0.3) is 10.9 Å². The Labute approximate surface area is 184 Å². The molecule has 9 nitrogen and oxygen atoms in total. The summed E-state index contributed by atoms with van der Waals surface area (Å²) in [5, 5.41) is 21.1. The lowest BCUT2D eigenvalue weighted by Gasteiger charge is -2.43. The first-order chi connectivity index (χ1) is 15.5. The summed E-state index contributed by atoms with van der Waals surface area (Å²) in [4.78, 5) is 28.1. The standard InChI is InChI=1S/C23H25N4O5/c1-32-9-8-25-18-5-3-2-4-16(18)11-21(25)22(28)24-12-15-10-17(14-24)19-6-7-20(27(30)31)23(29)26(19)13-15/h2-7,11,15,17,30H,8-10,12-14H2,1H3/q-1/t15-,17-/m0/s1. The maximum Gasteiger partial charge on any atom is 0.275 e. The minimum absolute atomic E-state index is 0.00352. The molecule has 1 N–H and O–H groups in total. The molecule has 4 heterocycles. The molecule has 32 heavy (non-hydrogen) atoms. The summed E-state index contributed by atoms with van der Waals surface area (Å²) in [6.45, 7) is 2.55. The number of ether oxygens (including phenoxy) is 1. The van der Waals surface area contributed by atoms with Crippen molar-refractivity contribution in [1.29, 1.82) is 0 Å². The van der Waals surface area contributed by atoms with Gasteiger partial charge in [-0.05, 0) is 36.6 Å². The second kappa shape index (κ2) is 8.09. The van der Waals surface area contributed by atoms with Gasteiger partial charge in [0.1, 0.15) is 11.4 Å². The zero-order valence-electron chi connectivity index (χ0n) is 17.8. The average molecular weight is 437 g/mol. The van der Waals surface area contributed by atoms with Crippen LogP contribution < -0.4 is 10.8 Å². The molecule has 0 unspecified atom stereocenters. The fraction of sp³-hybridized carbons (Fsp3) is 0.391. The number of para-hydroxylation sites is 1. The summed E-state index contributed by atoms with van der Waals surface area (Å²) in [6.07, 6.45) is 0.884. The first kappa shape index (κ1) is 20.7. The Morgan fingerprint density at radius 2 is 2.03 bits per heavy atom. The van der Waals surface area contributed by atoms with Crippen molar-refractivity contribution in [3.05, 3.63) is 69.4 Å². The zero-order chi connectivity index (χ0) is 22.4. The second-order valence-electron chi connectivity index (χ2n) is 8.57. The van der Waals surface area contributed by atoms with Crippen LogP contribution in [0.3, 0.4) is 0 Å². The van der Waals surface area contributed by atoms with Crippen LogP contribution in [0.4, 0.5) is 5.69 Å². The van der Waals surface area contributed by atoms with Gasteiger partial charge in [-0.25, -0.2) is 0 Å². The summed E-state index contributed by atoms with van der Waals surface area (Å²) < 4.78 is 8.85. The third-order valence-electron chi connectivity index (χ3n) is 6.63. The molecule has 2 aliphatic rings. The first-order valence-electron chi connectivity index (χ1n) is 10.7. The van der Waals surface area contributed by atoms with Crippen molar-refractivity contribution in [3.63, 3.8) is 0 Å². The summed E-state index contributed by atoms with van der Waals surface area (Å²) in [5.41, 5.74) is 1.66. The largest absolute Gasteiger partial charge is 0.733 e. The Balaban J connectivity index is 1.47. The molecule has 1 fully saturated rings. The highest BCUT2D eigenvalue weighted by molar-refractivity contribution is 5.99. The first-order valence-corrected chi connectivity index (χ1v) is 10.7. The van der Waals surface area contributed by atoms with Crippen molar-refractivity contribution in [2.75, 3.05) is 32.0 Å². The summed E-state index contributed by atoms with van der Waals surface area (Å²) in [6, 6.07) is 12.9. The molecular formula is C23H25N4O5-. The maximum atomic E-state index is 13.6. The van der Waals surface area contributed by atoms with E-state index in [9.17, 15) is 20.0 Å². The van der Waals surface area contributed by atoms with Gasteiger partial charge in [-0.15, -0.1) is 0 Å². The van der Waals surface area contributed by atoms with Crippen molar-refractivity contribution in [1.82, 2.24) is 14.0 Å². The normalized spacial score (nSPS) is 19.8. The number of anilines is 1. The molecule has 1 aromatic carbocycles. The molecule has 2 aliphatic heterocycles. The van der Waals surface area contributed by atoms with E-state index in [-0.39, 0.29) is 28.7 Å². The third-order valence-corrected chi connectivity index (χ3v) is 6.63. The Hall–Kier alpha value is -3.14. The fourth-order valence-corrected chi connectivity index (χ4v) is 5.22. The van der Waals surface area contributed by atoms with Gasteiger partial charge in [0, 0.05) is 55.8 Å². The Morgan fingerprint density at radius 1 is 1.22 bits per heavy atom. The number of piperidine rings is 1. The van der Waals surface area contributed by atoms with E-state index in [4.69, 9.17) is 4.74 Å². The van der Waals surface area contributed by atoms with Gasteiger partial charge in [-0.2, -0.15) is 0 Å². The van der Waals surface area contributed by atoms with E-state index < -0.39 is 5.56 Å². The van der Waals surface area contributed by atoms with E-state index in [1.807, 2.05) is 39.8 Å². The zero-order valence-corrected chi connectivity index (χ0v) is 17.8. The predicted molar refractivity (Wildman–Crippen MR) is 119 cm³/mol. The van der Waals surface area contributed by atoms with Crippen LogP contribution in [0.5, 0.6) is 0 Å². The highest BCUT2D eigenvalue weighted by atomic mass is 16.8. The van der Waals surface area contributed by atoms with Crippen LogP contribution in [0.15, 0.2) is 47.3 Å². The van der Waals surface area contributed by atoms with E-state index >= 15 is 0 Å². The lowest BCUT2D eigenvalue weighted by molar-refractivity contribution is 0.0582. The summed E-state index contributed by atoms with van der Waals surface area (Å²) in [5.74, 6) is 0.0815. The van der Waals surface area contributed by atoms with Crippen molar-refractivity contribution in [3.8, 4) is 0 Å². The molecule has 2 atom stereocenters. The van der Waals surface area contributed by atoms with E-state index in [1.165, 1.54) is 6.07 Å². The Bertz CT molecular complexity index is 1230. The van der Waals surface area contributed by atoms with Gasteiger partial charge in [-0.3, -0.25) is 14.8 Å². The van der Waals surface area contributed by atoms with Crippen LogP contribution in [0.2, 0.25) is 0 Å². The molecule has 0 saturated carbocycles. The molecule has 0 radical (unpaired) electrons. The van der Waals surface area contributed by atoms with Crippen molar-refractivity contribution >= 4 is 22.5 Å². The number of amides is 1. The van der Waals surface area contributed by atoms with Gasteiger partial charge < -0.3 is 29.2 Å². The predicted octanol–water partition coefficient (Wildman–Crippen LogP) is 2.40. The van der Waals surface area contributed by atoms with E-state index in [0.29, 0.717) is 38.5 Å². The molecule has 2 aromatic heterocycles. The van der Waals surface area contributed by atoms with Crippen LogP contribution in [0.1, 0.15) is 28.5 Å². The number of hydrogen-bond acceptors (Lipinski definition) is 6. The molecule has 168 valence electrons. The molecule has 3 aromatic rings. The third kappa shape index (κ3) is 3.38. The number of nitrogens with zero attached hydrogens (tertiary/aromatic N) is 4. The second-order valence-corrected chi connectivity index (χ2v) is 8.57. The summed E-state index contributed by atoms with van der Waals surface area (Å²) >= 11 is 0. The molecule has 1 amide bonds. The number of methoxy groups -OCH3 is 1. The number of carbonyl (C=O) groups is 1. The Kier molecular flexibility index (Phi) is 5.24. The molecule has 9 heteroatoms. The highest BCUT2D eigenvalue weighted by Crippen LogP contribution is 2.36. The number of benzene rings is 1. The fourth-order valence-electron chi connectivity index (χ4n) is 5.22. The monoisotopic (exact) mass is 437 g/mol. The lowest BCUT2D eigenvalue weighted by Crippen LogP contribution is -2.49. The molecular weight excluding hydrogens is 412 g/mol. The smallest absolute Gasteiger partial charge is 0.275 e. The number of fused-ring (bicyclic) bond motifs is 5. The SMILES string of the molecule is COCCn1c(C(=O)N2C[C@@H]3C[C@@H](C2)c2ccc(N([O-])O)c(=O)n2C3)cc2ccccc21. The Morgan fingerprint density at radius 3 is 2.81 bits per heavy atom. The number of rotatable bonds is 5. The molecule has 0 spiro atoms. The van der Waals surface area contributed by atoms with Crippen LogP contribution in [0, 0.1) is 11.1 Å². The quantitative estimate of drug-likeness (QED) is 0.615. The maximum absolute atomic E-state index is 13.6. The van der Waals surface area contributed by atoms with Crippen LogP contribution >= 0.6 is 0 Å². The highest BCUT2D eigenvalue weighted by Gasteiger charge is 2.37. The van der Waals surface area contributed by atoms with Crippen molar-refractivity contribution in [2.45, 2.75) is 25.4 Å². The minimum Gasteiger partial charge on any atom is -0.733 e. The van der Waals surface area contributed by atoms with E-state index in [1.54, 1.807) is 17.7 Å². The number of aromatic nitrogens is 2. The van der Waals surface area contributed by atoms with Gasteiger partial charge in [0.15, 0.2) is 0 Å². The number of pyridine rings is 1. The van der Waals surface area contributed by atoms with Gasteiger partial charge in [-0.1, -0.05) is 18.2 Å². The molecule has 5 rings (SSSR count). The van der Waals surface area contributed by atoms with Crippen LogP contribution in [-0.4, -0.2) is 52.0 Å². The topological polar surface area (TPSA) is 103 Å². The number of carbonyl (C=O) groups excluding carboxylic acids is 1. The summed E-state index contributed by atoms with van der Waals surface area (Å²) in [7, 11) is 1.65. The van der Waals surface area contributed by atoms with Crippen molar-refractivity contribution in [2.24, 2.45) is 5.92 Å².